The summed E-state index contributed by atoms with van der Waals surface area (Å²) in [6.45, 7) is 9.45. The van der Waals surface area contributed by atoms with Crippen LogP contribution < -0.4 is 5.73 Å². The Balaban J connectivity index is 1.83. The van der Waals surface area contributed by atoms with Crippen LogP contribution in [0.2, 0.25) is 0 Å². The van der Waals surface area contributed by atoms with Crippen molar-refractivity contribution in [3.8, 4) is 0 Å². The van der Waals surface area contributed by atoms with Crippen molar-refractivity contribution in [1.29, 1.82) is 0 Å². The SMILES string of the molecule is CCCC(C(N)=S)N1CCN(Cc2nc(C)cs2)CC1. The molecule has 0 saturated carbocycles. The fourth-order valence-electron chi connectivity index (χ4n) is 2.68. The molecule has 2 N–H and O–H groups in total. The molecule has 0 radical (unpaired) electrons. The maximum Gasteiger partial charge on any atom is 0.107 e. The van der Waals surface area contributed by atoms with Crippen LogP contribution in [-0.2, 0) is 6.54 Å². The van der Waals surface area contributed by atoms with E-state index in [0.29, 0.717) is 4.99 Å². The van der Waals surface area contributed by atoms with Gasteiger partial charge in [-0.05, 0) is 13.3 Å². The molecule has 4 nitrogen and oxygen atoms in total. The number of piperazine rings is 1. The van der Waals surface area contributed by atoms with E-state index in [0.717, 1.165) is 51.3 Å². The Kier molecular flexibility index (Phi) is 5.89. The molecule has 0 bridgehead atoms. The van der Waals surface area contributed by atoms with Gasteiger partial charge < -0.3 is 5.73 Å². The van der Waals surface area contributed by atoms with Gasteiger partial charge in [0.2, 0.25) is 0 Å². The highest BCUT2D eigenvalue weighted by atomic mass is 32.1. The molecular formula is C14H24N4S2. The number of nitrogens with two attached hydrogens (primary N) is 1. The van der Waals surface area contributed by atoms with Crippen molar-refractivity contribution >= 4 is 28.5 Å². The highest BCUT2D eigenvalue weighted by molar-refractivity contribution is 7.80. The number of nitrogens with zero attached hydrogens (tertiary/aromatic N) is 3. The van der Waals surface area contributed by atoms with E-state index in [4.69, 9.17) is 18.0 Å². The monoisotopic (exact) mass is 312 g/mol. The van der Waals surface area contributed by atoms with E-state index in [1.807, 2.05) is 0 Å². The van der Waals surface area contributed by atoms with Gasteiger partial charge in [-0.2, -0.15) is 0 Å². The van der Waals surface area contributed by atoms with Crippen LogP contribution >= 0.6 is 23.6 Å². The molecule has 1 aromatic heterocycles. The van der Waals surface area contributed by atoms with Gasteiger partial charge in [0.25, 0.3) is 0 Å². The molecule has 1 aliphatic heterocycles. The fourth-order valence-corrected chi connectivity index (χ4v) is 3.76. The summed E-state index contributed by atoms with van der Waals surface area (Å²) in [5, 5.41) is 3.34. The smallest absolute Gasteiger partial charge is 0.107 e. The minimum Gasteiger partial charge on any atom is -0.392 e. The molecule has 1 aromatic rings. The molecule has 2 heterocycles. The maximum atomic E-state index is 5.88. The van der Waals surface area contributed by atoms with Gasteiger partial charge in [-0.1, -0.05) is 25.6 Å². The van der Waals surface area contributed by atoms with Gasteiger partial charge in [0.05, 0.1) is 17.6 Å². The number of thiazole rings is 1. The standard InChI is InChI=1S/C14H24N4S2/c1-3-4-12(14(15)19)18-7-5-17(6-8-18)9-13-16-11(2)10-20-13/h10,12H,3-9H2,1-2H3,(H2,15,19). The number of aromatic nitrogens is 1. The van der Waals surface area contributed by atoms with Crippen molar-refractivity contribution in [3.05, 3.63) is 16.1 Å². The first kappa shape index (κ1) is 15.8. The van der Waals surface area contributed by atoms with Crippen LogP contribution in [0.1, 0.15) is 30.5 Å². The molecule has 2 rings (SSSR count). The number of aryl methyl sites for hydroxylation is 1. The molecule has 6 heteroatoms. The van der Waals surface area contributed by atoms with Gasteiger partial charge in [-0.3, -0.25) is 9.80 Å². The number of hydrogen-bond donors (Lipinski definition) is 1. The van der Waals surface area contributed by atoms with E-state index in [2.05, 4.69) is 34.0 Å². The van der Waals surface area contributed by atoms with Gasteiger partial charge >= 0.3 is 0 Å². The first-order valence-corrected chi connectivity index (χ1v) is 8.55. The molecule has 20 heavy (non-hydrogen) atoms. The van der Waals surface area contributed by atoms with E-state index in [1.54, 1.807) is 11.3 Å². The summed E-state index contributed by atoms with van der Waals surface area (Å²) >= 11 is 6.97. The Morgan fingerprint density at radius 1 is 1.45 bits per heavy atom. The highest BCUT2D eigenvalue weighted by Gasteiger charge is 2.25. The largest absolute Gasteiger partial charge is 0.392 e. The predicted octanol–water partition coefficient (Wildman–Crippen LogP) is 2.02. The molecule has 1 aliphatic rings. The summed E-state index contributed by atoms with van der Waals surface area (Å²) in [5.74, 6) is 0. The molecule has 1 saturated heterocycles. The molecular weight excluding hydrogens is 288 g/mol. The first-order valence-electron chi connectivity index (χ1n) is 7.27. The van der Waals surface area contributed by atoms with E-state index < -0.39 is 0 Å². The van der Waals surface area contributed by atoms with E-state index in [1.165, 1.54) is 5.01 Å². The first-order chi connectivity index (χ1) is 9.60. The van der Waals surface area contributed by atoms with Crippen LogP contribution in [0.3, 0.4) is 0 Å². The van der Waals surface area contributed by atoms with Crippen LogP contribution in [0.5, 0.6) is 0 Å². The Morgan fingerprint density at radius 3 is 2.65 bits per heavy atom. The maximum absolute atomic E-state index is 5.88. The highest BCUT2D eigenvalue weighted by Crippen LogP contribution is 2.16. The van der Waals surface area contributed by atoms with Crippen molar-refractivity contribution in [3.63, 3.8) is 0 Å². The van der Waals surface area contributed by atoms with Gasteiger partial charge in [0.15, 0.2) is 0 Å². The van der Waals surface area contributed by atoms with Crippen LogP contribution in [0.4, 0.5) is 0 Å². The van der Waals surface area contributed by atoms with Gasteiger partial charge in [-0.25, -0.2) is 4.98 Å². The molecule has 0 aromatic carbocycles. The second-order valence-corrected chi connectivity index (χ2v) is 6.82. The van der Waals surface area contributed by atoms with Crippen molar-refractivity contribution in [1.82, 2.24) is 14.8 Å². The average Bonchev–Trinajstić information content (AvgIpc) is 2.82. The quantitative estimate of drug-likeness (QED) is 0.814. The van der Waals surface area contributed by atoms with Crippen molar-refractivity contribution in [2.75, 3.05) is 26.2 Å². The van der Waals surface area contributed by atoms with Crippen LogP contribution in [-0.4, -0.2) is 52.0 Å². The van der Waals surface area contributed by atoms with Gasteiger partial charge in [0.1, 0.15) is 5.01 Å². The zero-order valence-corrected chi connectivity index (χ0v) is 14.0. The van der Waals surface area contributed by atoms with E-state index >= 15 is 0 Å². The number of hydrogen-bond acceptors (Lipinski definition) is 5. The Labute approximate surface area is 131 Å². The van der Waals surface area contributed by atoms with Gasteiger partial charge in [0, 0.05) is 37.3 Å². The molecule has 112 valence electrons. The lowest BCUT2D eigenvalue weighted by Crippen LogP contribution is -2.53. The van der Waals surface area contributed by atoms with Crippen LogP contribution in [0.25, 0.3) is 0 Å². The molecule has 1 atom stereocenters. The topological polar surface area (TPSA) is 45.4 Å². The zero-order chi connectivity index (χ0) is 14.5. The summed E-state index contributed by atoms with van der Waals surface area (Å²) in [7, 11) is 0. The second kappa shape index (κ2) is 7.45. The summed E-state index contributed by atoms with van der Waals surface area (Å²) in [6, 6.07) is 0.277. The van der Waals surface area contributed by atoms with Crippen molar-refractivity contribution < 1.29 is 0 Å². The van der Waals surface area contributed by atoms with E-state index in [-0.39, 0.29) is 6.04 Å². The Bertz CT molecular complexity index is 438. The predicted molar refractivity (Wildman–Crippen MR) is 89.2 cm³/mol. The van der Waals surface area contributed by atoms with E-state index in [9.17, 15) is 0 Å². The normalized spacial score (nSPS) is 19.1. The average molecular weight is 313 g/mol. The van der Waals surface area contributed by atoms with Crippen molar-refractivity contribution in [2.24, 2.45) is 5.73 Å². The molecule has 0 spiro atoms. The minimum absolute atomic E-state index is 0.277. The molecule has 1 fully saturated rings. The van der Waals surface area contributed by atoms with Crippen molar-refractivity contribution in [2.45, 2.75) is 39.3 Å². The molecule has 1 unspecified atom stereocenters. The summed E-state index contributed by atoms with van der Waals surface area (Å²) in [5.41, 5.74) is 7.01. The fraction of sp³-hybridized carbons (Fsp3) is 0.714. The van der Waals surface area contributed by atoms with Crippen LogP contribution in [0.15, 0.2) is 5.38 Å². The zero-order valence-electron chi connectivity index (χ0n) is 12.3. The summed E-state index contributed by atoms with van der Waals surface area (Å²) in [6.07, 6.45) is 2.20. The minimum atomic E-state index is 0.277. The lowest BCUT2D eigenvalue weighted by molar-refractivity contribution is 0.110. The summed E-state index contributed by atoms with van der Waals surface area (Å²) in [4.78, 5) is 10.1. The third-order valence-electron chi connectivity index (χ3n) is 3.76. The third-order valence-corrected chi connectivity index (χ3v) is 4.99. The Morgan fingerprint density at radius 2 is 2.15 bits per heavy atom. The third kappa shape index (κ3) is 4.22. The Hall–Kier alpha value is -0.560. The second-order valence-electron chi connectivity index (χ2n) is 5.40. The van der Waals surface area contributed by atoms with Gasteiger partial charge in [-0.15, -0.1) is 11.3 Å². The number of rotatable bonds is 6. The molecule has 0 aliphatic carbocycles. The summed E-state index contributed by atoms with van der Waals surface area (Å²) < 4.78 is 0. The lowest BCUT2D eigenvalue weighted by Gasteiger charge is -2.38. The van der Waals surface area contributed by atoms with Crippen LogP contribution in [0, 0.1) is 6.92 Å². The molecule has 0 amide bonds. The lowest BCUT2D eigenvalue weighted by atomic mass is 10.1. The number of thiocarbonyl (C=S) groups is 1.